The molecule has 0 atom stereocenters. The first-order valence-corrected chi connectivity index (χ1v) is 24.4. The third kappa shape index (κ3) is 4.16. The van der Waals surface area contributed by atoms with Crippen molar-refractivity contribution in [2.24, 2.45) is 35.5 Å². The standard InChI is InChI=1S/C56H49BN2S/c1-2-7-38(8-3-1)39-21-44-42-9-6-12-51-54(42)59(48-10-4-5-11-50(48)60-51)57-46-25-41(56-29-35-18-36(30-56)20-37(19-35)31-56)24-45-43-23-40(55-26-32-15-33(27-55)17-34(16-32)28-55)13-14-47(43)58(53(45)46)49(22-39)52(44)57/h1-14,21-25,32-37H,15-20,26-31H2. The fraction of sp³-hybridized carbons (Fsp3) is 0.357. The van der Waals surface area contributed by atoms with Crippen LogP contribution in [-0.4, -0.2) is 11.4 Å². The van der Waals surface area contributed by atoms with Gasteiger partial charge in [0, 0.05) is 37.5 Å². The van der Waals surface area contributed by atoms with Crippen LogP contribution in [0.1, 0.15) is 88.2 Å². The minimum absolute atomic E-state index is 0.0892. The van der Waals surface area contributed by atoms with Crippen LogP contribution >= 0.6 is 11.8 Å². The number of anilines is 2. The Morgan fingerprint density at radius 3 is 1.85 bits per heavy atom. The average molecular weight is 793 g/mol. The van der Waals surface area contributed by atoms with Crippen LogP contribution in [0, 0.1) is 35.5 Å². The second-order valence-electron chi connectivity index (χ2n) is 21.7. The number of benzene rings is 6. The van der Waals surface area contributed by atoms with E-state index in [0.717, 1.165) is 35.5 Å². The molecule has 1 aromatic heterocycles. The Kier molecular flexibility index (Phi) is 6.18. The van der Waals surface area contributed by atoms with Crippen LogP contribution in [0.3, 0.4) is 0 Å². The van der Waals surface area contributed by atoms with E-state index in [1.165, 1.54) is 159 Å². The van der Waals surface area contributed by atoms with Crippen LogP contribution < -0.4 is 15.7 Å². The van der Waals surface area contributed by atoms with Gasteiger partial charge >= 0.3 is 6.85 Å². The summed E-state index contributed by atoms with van der Waals surface area (Å²) >= 11 is 1.96. The molecule has 60 heavy (non-hydrogen) atoms. The van der Waals surface area contributed by atoms with Crippen molar-refractivity contribution in [2.75, 3.05) is 4.81 Å². The van der Waals surface area contributed by atoms with E-state index in [0.29, 0.717) is 10.8 Å². The minimum Gasteiger partial charge on any atom is -0.374 e. The maximum absolute atomic E-state index is 2.81. The van der Waals surface area contributed by atoms with Crippen molar-refractivity contribution in [2.45, 2.75) is 97.7 Å². The SMILES string of the molecule is c1ccc(-c2cc3c4c(c2)-n2c5ccc(C67CC8CC(CC(C8)C6)C7)cc5c5cc(C67CC8CC(CC(C8)C6)C7)cc(c52)B4N2c4ccccc4Sc4cccc-3c42)cc1. The van der Waals surface area contributed by atoms with Gasteiger partial charge < -0.3 is 9.38 Å². The number of nitrogens with zero attached hydrogens (tertiary/aromatic N) is 2. The summed E-state index contributed by atoms with van der Waals surface area (Å²) in [5, 5.41) is 3.03. The van der Waals surface area contributed by atoms with Crippen molar-refractivity contribution < 1.29 is 0 Å². The smallest absolute Gasteiger partial charge is 0.333 e. The molecule has 4 heterocycles. The van der Waals surface area contributed by atoms with Crippen molar-refractivity contribution in [3.05, 3.63) is 126 Å². The van der Waals surface area contributed by atoms with Gasteiger partial charge in [-0.05, 0) is 211 Å². The highest BCUT2D eigenvalue weighted by Gasteiger charge is 2.54. The first-order chi connectivity index (χ1) is 29.5. The molecule has 18 rings (SSSR count). The number of fused-ring (bicyclic) bond motifs is 9. The van der Waals surface area contributed by atoms with Crippen molar-refractivity contribution in [3.63, 3.8) is 0 Å². The molecule has 11 aliphatic rings. The zero-order valence-electron chi connectivity index (χ0n) is 34.3. The summed E-state index contributed by atoms with van der Waals surface area (Å²) in [6.07, 6.45) is 17.3. The fourth-order valence-corrected chi connectivity index (χ4v) is 18.2. The molecule has 0 unspecified atom stereocenters. The lowest BCUT2D eigenvalue weighted by molar-refractivity contribution is -0.00526. The van der Waals surface area contributed by atoms with Gasteiger partial charge in [0.25, 0.3) is 0 Å². The number of hydrogen-bond donors (Lipinski definition) is 0. The van der Waals surface area contributed by atoms with Crippen molar-refractivity contribution in [3.8, 4) is 27.9 Å². The van der Waals surface area contributed by atoms with Crippen LogP contribution in [0.4, 0.5) is 11.4 Å². The predicted octanol–water partition coefficient (Wildman–Crippen LogP) is 13.1. The van der Waals surface area contributed by atoms with E-state index < -0.39 is 0 Å². The van der Waals surface area contributed by atoms with E-state index in [1.807, 2.05) is 11.8 Å². The summed E-state index contributed by atoms with van der Waals surface area (Å²) in [6, 6.07) is 46.3. The number of hydrogen-bond acceptors (Lipinski definition) is 2. The number of aromatic nitrogens is 1. The van der Waals surface area contributed by atoms with E-state index in [-0.39, 0.29) is 6.85 Å². The van der Waals surface area contributed by atoms with Crippen molar-refractivity contribution in [1.82, 2.24) is 4.57 Å². The van der Waals surface area contributed by atoms with Crippen LogP contribution in [0.5, 0.6) is 0 Å². The van der Waals surface area contributed by atoms with Crippen LogP contribution in [-0.2, 0) is 10.8 Å². The summed E-state index contributed by atoms with van der Waals surface area (Å²) in [5.41, 5.74) is 19.4. The van der Waals surface area contributed by atoms with Gasteiger partial charge in [-0.15, -0.1) is 0 Å². The molecular formula is C56H49BN2S. The Labute approximate surface area is 357 Å². The van der Waals surface area contributed by atoms with Gasteiger partial charge in [0.15, 0.2) is 0 Å². The topological polar surface area (TPSA) is 8.17 Å². The van der Waals surface area contributed by atoms with Crippen molar-refractivity contribution >= 4 is 62.7 Å². The summed E-state index contributed by atoms with van der Waals surface area (Å²) in [6.45, 7) is 0.0892. The molecule has 8 aliphatic carbocycles. The largest absolute Gasteiger partial charge is 0.374 e. The second-order valence-corrected chi connectivity index (χ2v) is 22.8. The third-order valence-corrected chi connectivity index (χ3v) is 19.5. The van der Waals surface area contributed by atoms with E-state index in [2.05, 4.69) is 125 Å². The molecule has 3 aliphatic heterocycles. The van der Waals surface area contributed by atoms with E-state index in [1.54, 1.807) is 11.1 Å². The fourth-order valence-electron chi connectivity index (χ4n) is 17.1. The summed E-state index contributed by atoms with van der Waals surface area (Å²) in [5.74, 6) is 5.53. The highest BCUT2D eigenvalue weighted by molar-refractivity contribution is 7.99. The third-order valence-electron chi connectivity index (χ3n) is 18.4. The Morgan fingerprint density at radius 2 is 1.13 bits per heavy atom. The van der Waals surface area contributed by atoms with Gasteiger partial charge in [-0.1, -0.05) is 78.5 Å². The highest BCUT2D eigenvalue weighted by atomic mass is 32.2. The predicted molar refractivity (Wildman–Crippen MR) is 249 cm³/mol. The van der Waals surface area contributed by atoms with Gasteiger partial charge in [-0.2, -0.15) is 0 Å². The molecule has 292 valence electrons. The molecule has 4 heteroatoms. The van der Waals surface area contributed by atoms with Gasteiger partial charge in [-0.25, -0.2) is 0 Å². The number of para-hydroxylation sites is 2. The lowest BCUT2D eigenvalue weighted by Crippen LogP contribution is -2.61. The molecule has 8 bridgehead atoms. The number of rotatable bonds is 3. The zero-order chi connectivity index (χ0) is 38.6. The summed E-state index contributed by atoms with van der Waals surface area (Å²) < 4.78 is 2.77. The normalized spacial score (nSPS) is 31.5. The quantitative estimate of drug-likeness (QED) is 0.165. The molecule has 7 aromatic rings. The Hall–Kier alpha value is -4.67. The summed E-state index contributed by atoms with van der Waals surface area (Å²) in [4.78, 5) is 5.56. The average Bonchev–Trinajstić information content (AvgIpc) is 3.59. The second kappa shape index (κ2) is 11.2. The van der Waals surface area contributed by atoms with Crippen LogP contribution in [0.25, 0.3) is 49.7 Å². The van der Waals surface area contributed by atoms with Gasteiger partial charge in [0.05, 0.1) is 16.7 Å². The Bertz CT molecular complexity index is 2990. The lowest BCUT2D eigenvalue weighted by atomic mass is 9.42. The molecule has 6 aromatic carbocycles. The molecule has 8 fully saturated rings. The maximum atomic E-state index is 2.81. The first-order valence-electron chi connectivity index (χ1n) is 23.6. The van der Waals surface area contributed by atoms with E-state index >= 15 is 0 Å². The molecule has 2 nitrogen and oxygen atoms in total. The first kappa shape index (κ1) is 33.0. The Morgan fingerprint density at radius 1 is 0.500 bits per heavy atom. The zero-order valence-corrected chi connectivity index (χ0v) is 35.1. The minimum atomic E-state index is 0.0892. The summed E-state index contributed by atoms with van der Waals surface area (Å²) in [7, 11) is 0. The maximum Gasteiger partial charge on any atom is 0.333 e. The molecular weight excluding hydrogens is 744 g/mol. The monoisotopic (exact) mass is 792 g/mol. The lowest BCUT2D eigenvalue weighted by Gasteiger charge is -2.57. The molecule has 0 spiro atoms. The van der Waals surface area contributed by atoms with E-state index in [4.69, 9.17) is 0 Å². The van der Waals surface area contributed by atoms with Crippen LogP contribution in [0.2, 0.25) is 0 Å². The van der Waals surface area contributed by atoms with Gasteiger partial charge in [-0.3, -0.25) is 0 Å². The molecule has 0 N–H and O–H groups in total. The van der Waals surface area contributed by atoms with Crippen LogP contribution in [0.15, 0.2) is 125 Å². The molecule has 0 saturated heterocycles. The highest BCUT2D eigenvalue weighted by Crippen LogP contribution is 2.63. The van der Waals surface area contributed by atoms with Gasteiger partial charge in [0.1, 0.15) is 0 Å². The van der Waals surface area contributed by atoms with Crippen molar-refractivity contribution in [1.29, 1.82) is 0 Å². The molecule has 0 radical (unpaired) electrons. The molecule has 0 amide bonds. The Balaban J connectivity index is 1.04. The van der Waals surface area contributed by atoms with E-state index in [9.17, 15) is 0 Å². The van der Waals surface area contributed by atoms with Gasteiger partial charge in [0.2, 0.25) is 0 Å². The molecule has 8 saturated carbocycles.